The lowest BCUT2D eigenvalue weighted by atomic mass is 10.1. The van der Waals surface area contributed by atoms with Crippen LogP contribution in [-0.4, -0.2) is 37.1 Å². The molecule has 3 rings (SSSR count). The summed E-state index contributed by atoms with van der Waals surface area (Å²) in [6, 6.07) is 6.82. The molecule has 29 heavy (non-hydrogen) atoms. The molecule has 0 spiro atoms. The predicted octanol–water partition coefficient (Wildman–Crippen LogP) is 4.36. The Morgan fingerprint density at radius 3 is 2.48 bits per heavy atom. The van der Waals surface area contributed by atoms with Crippen molar-refractivity contribution in [3.63, 3.8) is 0 Å². The van der Waals surface area contributed by atoms with E-state index in [1.165, 1.54) is 12.1 Å². The summed E-state index contributed by atoms with van der Waals surface area (Å²) in [4.78, 5) is 24.5. The minimum Gasteiger partial charge on any atom is -0.378 e. The van der Waals surface area contributed by atoms with E-state index < -0.39 is 39.5 Å². The predicted molar refractivity (Wildman–Crippen MR) is 101 cm³/mol. The van der Waals surface area contributed by atoms with Crippen LogP contribution in [0.5, 0.6) is 0 Å². The van der Waals surface area contributed by atoms with E-state index in [-0.39, 0.29) is 5.02 Å². The van der Waals surface area contributed by atoms with Crippen molar-refractivity contribution in [3.8, 4) is 0 Å². The van der Waals surface area contributed by atoms with Gasteiger partial charge in [-0.1, -0.05) is 11.6 Å². The first-order valence-electron chi connectivity index (χ1n) is 8.46. The lowest BCUT2D eigenvalue weighted by Gasteiger charge is -2.29. The molecule has 1 aliphatic rings. The van der Waals surface area contributed by atoms with Crippen LogP contribution in [0.15, 0.2) is 36.4 Å². The van der Waals surface area contributed by atoms with Crippen LogP contribution in [0.2, 0.25) is 5.02 Å². The van der Waals surface area contributed by atoms with E-state index in [0.29, 0.717) is 32.0 Å². The molecule has 2 aromatic carbocycles. The third kappa shape index (κ3) is 4.77. The Hall–Kier alpha value is -2.85. The molecule has 11 heteroatoms. The van der Waals surface area contributed by atoms with Gasteiger partial charge in [0.15, 0.2) is 0 Å². The van der Waals surface area contributed by atoms with Gasteiger partial charge in [0.05, 0.1) is 29.4 Å². The van der Waals surface area contributed by atoms with Gasteiger partial charge in [-0.3, -0.25) is 14.9 Å². The van der Waals surface area contributed by atoms with Gasteiger partial charge in [0, 0.05) is 29.9 Å². The first-order chi connectivity index (χ1) is 13.7. The average molecular weight is 430 g/mol. The number of anilines is 2. The second-order valence-electron chi connectivity index (χ2n) is 6.20. The molecular formula is C18H15ClF3N3O4. The molecule has 0 saturated carbocycles. The van der Waals surface area contributed by atoms with Gasteiger partial charge < -0.3 is 15.0 Å². The Labute approximate surface area is 168 Å². The number of nitro groups is 1. The lowest BCUT2D eigenvalue weighted by molar-refractivity contribution is -0.385. The normalized spacial score (nSPS) is 14.6. The van der Waals surface area contributed by atoms with Crippen LogP contribution >= 0.6 is 11.6 Å². The molecule has 0 atom stereocenters. The van der Waals surface area contributed by atoms with Gasteiger partial charge in [0.2, 0.25) is 0 Å². The highest BCUT2D eigenvalue weighted by Gasteiger charge is 2.35. The van der Waals surface area contributed by atoms with Crippen molar-refractivity contribution >= 4 is 34.6 Å². The summed E-state index contributed by atoms with van der Waals surface area (Å²) in [6.07, 6.45) is -4.74. The number of alkyl halides is 3. The highest BCUT2D eigenvalue weighted by Crippen LogP contribution is 2.38. The van der Waals surface area contributed by atoms with Crippen LogP contribution in [0.3, 0.4) is 0 Å². The molecule has 0 bridgehead atoms. The van der Waals surface area contributed by atoms with Crippen LogP contribution in [0.25, 0.3) is 0 Å². The number of nitrogens with zero attached hydrogens (tertiary/aromatic N) is 2. The van der Waals surface area contributed by atoms with Crippen molar-refractivity contribution in [2.75, 3.05) is 36.5 Å². The Balaban J connectivity index is 1.94. The van der Waals surface area contributed by atoms with Crippen molar-refractivity contribution in [1.29, 1.82) is 0 Å². The molecule has 1 amide bonds. The zero-order valence-electron chi connectivity index (χ0n) is 14.8. The molecule has 0 aromatic heterocycles. The number of benzene rings is 2. The number of carbonyl (C=O) groups is 1. The third-order valence-corrected chi connectivity index (χ3v) is 4.57. The zero-order chi connectivity index (χ0) is 21.2. The quantitative estimate of drug-likeness (QED) is 0.576. The lowest BCUT2D eigenvalue weighted by Crippen LogP contribution is -2.36. The third-order valence-electron chi connectivity index (χ3n) is 4.33. The van der Waals surface area contributed by atoms with Gasteiger partial charge in [-0.2, -0.15) is 13.2 Å². The molecule has 0 unspecified atom stereocenters. The summed E-state index contributed by atoms with van der Waals surface area (Å²) in [5.41, 5.74) is -2.20. The first kappa shape index (κ1) is 20.9. The average Bonchev–Trinajstić information content (AvgIpc) is 2.68. The standard InChI is InChI=1S/C18H15ClF3N3O4/c19-11-1-3-13(16(9-11)25(27)28)17(26)23-15-4-2-12(10-14(15)18(20,21)22)24-5-7-29-8-6-24/h1-4,9-10H,5-8H2,(H,23,26). The van der Waals surface area contributed by atoms with Crippen molar-refractivity contribution < 1.29 is 27.6 Å². The summed E-state index contributed by atoms with van der Waals surface area (Å²) in [7, 11) is 0. The van der Waals surface area contributed by atoms with E-state index in [0.717, 1.165) is 24.3 Å². The molecule has 1 N–H and O–H groups in total. The van der Waals surface area contributed by atoms with Gasteiger partial charge >= 0.3 is 6.18 Å². The van der Waals surface area contributed by atoms with Gasteiger partial charge in [-0.25, -0.2) is 0 Å². The molecule has 1 aliphatic heterocycles. The van der Waals surface area contributed by atoms with Crippen LogP contribution in [0.1, 0.15) is 15.9 Å². The maximum Gasteiger partial charge on any atom is 0.418 e. The number of nitrogens with one attached hydrogen (secondary N) is 1. The topological polar surface area (TPSA) is 84.7 Å². The summed E-state index contributed by atoms with van der Waals surface area (Å²) in [5, 5.41) is 13.3. The number of hydrogen-bond acceptors (Lipinski definition) is 5. The van der Waals surface area contributed by atoms with E-state index in [2.05, 4.69) is 5.32 Å². The minimum atomic E-state index is -4.74. The number of halogens is 4. The SMILES string of the molecule is O=C(Nc1ccc(N2CCOCC2)cc1C(F)(F)F)c1ccc(Cl)cc1[N+](=O)[O-]. The van der Waals surface area contributed by atoms with Crippen molar-refractivity contribution in [3.05, 3.63) is 62.7 Å². The zero-order valence-corrected chi connectivity index (χ0v) is 15.6. The van der Waals surface area contributed by atoms with Gasteiger partial charge in [-0.05, 0) is 30.3 Å². The van der Waals surface area contributed by atoms with Crippen molar-refractivity contribution in [1.82, 2.24) is 0 Å². The number of carbonyl (C=O) groups excluding carboxylic acids is 1. The summed E-state index contributed by atoms with van der Waals surface area (Å²) >= 11 is 5.70. The highest BCUT2D eigenvalue weighted by atomic mass is 35.5. The Kier molecular flexibility index (Phi) is 5.94. The summed E-state index contributed by atoms with van der Waals surface area (Å²) < 4.78 is 46.0. The monoisotopic (exact) mass is 429 g/mol. The summed E-state index contributed by atoms with van der Waals surface area (Å²) in [6.45, 7) is 1.69. The fourth-order valence-corrected chi connectivity index (χ4v) is 3.10. The largest absolute Gasteiger partial charge is 0.418 e. The molecule has 0 radical (unpaired) electrons. The number of morpholine rings is 1. The van der Waals surface area contributed by atoms with E-state index in [4.69, 9.17) is 16.3 Å². The number of nitro benzene ring substituents is 1. The smallest absolute Gasteiger partial charge is 0.378 e. The number of amides is 1. The van der Waals surface area contributed by atoms with Crippen molar-refractivity contribution in [2.24, 2.45) is 0 Å². The molecule has 2 aromatic rings. The fourth-order valence-electron chi connectivity index (χ4n) is 2.93. The second-order valence-corrected chi connectivity index (χ2v) is 6.64. The molecule has 1 saturated heterocycles. The van der Waals surface area contributed by atoms with Gasteiger partial charge in [0.25, 0.3) is 11.6 Å². The van der Waals surface area contributed by atoms with Crippen LogP contribution < -0.4 is 10.2 Å². The Morgan fingerprint density at radius 2 is 1.86 bits per heavy atom. The first-order valence-corrected chi connectivity index (χ1v) is 8.84. The van der Waals surface area contributed by atoms with Crippen LogP contribution in [0.4, 0.5) is 30.2 Å². The summed E-state index contributed by atoms with van der Waals surface area (Å²) in [5.74, 6) is -1.04. The number of rotatable bonds is 4. The Morgan fingerprint density at radius 1 is 1.17 bits per heavy atom. The van der Waals surface area contributed by atoms with Crippen LogP contribution in [-0.2, 0) is 10.9 Å². The highest BCUT2D eigenvalue weighted by molar-refractivity contribution is 6.31. The molecule has 1 fully saturated rings. The second kappa shape index (κ2) is 8.26. The minimum absolute atomic E-state index is 0.0269. The van der Waals surface area contributed by atoms with Crippen molar-refractivity contribution in [2.45, 2.75) is 6.18 Å². The van der Waals surface area contributed by atoms with E-state index in [1.54, 1.807) is 4.90 Å². The molecular weight excluding hydrogens is 415 g/mol. The molecule has 1 heterocycles. The maximum absolute atomic E-state index is 13.6. The van der Waals surface area contributed by atoms with E-state index >= 15 is 0 Å². The number of hydrogen-bond donors (Lipinski definition) is 1. The van der Waals surface area contributed by atoms with E-state index in [9.17, 15) is 28.1 Å². The molecule has 7 nitrogen and oxygen atoms in total. The van der Waals surface area contributed by atoms with Gasteiger partial charge in [-0.15, -0.1) is 0 Å². The van der Waals surface area contributed by atoms with Crippen LogP contribution in [0, 0.1) is 10.1 Å². The van der Waals surface area contributed by atoms with E-state index in [1.807, 2.05) is 0 Å². The molecule has 154 valence electrons. The number of ether oxygens (including phenoxy) is 1. The Bertz CT molecular complexity index is 946. The fraction of sp³-hybridized carbons (Fsp3) is 0.278. The maximum atomic E-state index is 13.6. The molecule has 0 aliphatic carbocycles. The van der Waals surface area contributed by atoms with Gasteiger partial charge in [0.1, 0.15) is 5.56 Å².